The molecule has 2 aromatic rings. The number of halogens is 1. The molecule has 4 N–H and O–H groups in total. The van der Waals surface area contributed by atoms with Crippen LogP contribution in [0.2, 0.25) is 5.02 Å². The summed E-state index contributed by atoms with van der Waals surface area (Å²) >= 11 is 6.26. The number of benzene rings is 2. The highest BCUT2D eigenvalue weighted by atomic mass is 35.5. The number of fused-ring (bicyclic) bond motifs is 2. The normalized spacial score (nSPS) is 26.7. The molecule has 1 aliphatic carbocycles. The van der Waals surface area contributed by atoms with Gasteiger partial charge in [0, 0.05) is 27.9 Å². The van der Waals surface area contributed by atoms with Crippen molar-refractivity contribution in [2.24, 2.45) is 16.6 Å². The first-order valence-electron chi connectivity index (χ1n) is 11.3. The van der Waals surface area contributed by atoms with Crippen LogP contribution in [0.15, 0.2) is 41.4 Å². The monoisotopic (exact) mass is 423 g/mol. The molecule has 0 radical (unpaired) electrons. The molecule has 0 bridgehead atoms. The van der Waals surface area contributed by atoms with Crippen LogP contribution in [0.4, 0.5) is 11.4 Å². The quantitative estimate of drug-likeness (QED) is 0.583. The molecule has 158 valence electrons. The molecule has 1 fully saturated rings. The summed E-state index contributed by atoms with van der Waals surface area (Å²) in [5.41, 5.74) is 9.28. The van der Waals surface area contributed by atoms with Crippen molar-refractivity contribution in [2.75, 3.05) is 5.32 Å². The molecule has 5 rings (SSSR count). The SMILES string of the molecule is NC1=Nc2ccc(Cl)cc2C1(O)c1cccc2c1NC(C1CCCCCCC1)CC2. The van der Waals surface area contributed by atoms with E-state index in [1.165, 1.54) is 50.5 Å². The van der Waals surface area contributed by atoms with E-state index in [9.17, 15) is 5.11 Å². The summed E-state index contributed by atoms with van der Waals surface area (Å²) in [5, 5.41) is 16.3. The predicted molar refractivity (Wildman–Crippen MR) is 124 cm³/mol. The number of aliphatic hydroxyl groups is 1. The Balaban J connectivity index is 1.53. The Hall–Kier alpha value is -2.04. The van der Waals surface area contributed by atoms with Gasteiger partial charge in [-0.2, -0.15) is 0 Å². The van der Waals surface area contributed by atoms with Gasteiger partial charge in [-0.3, -0.25) is 0 Å². The first-order valence-corrected chi connectivity index (χ1v) is 11.7. The number of hydrogen-bond donors (Lipinski definition) is 3. The molecule has 2 aliphatic heterocycles. The molecular formula is C25H30ClN3O. The molecule has 2 atom stereocenters. The van der Waals surface area contributed by atoms with Crippen LogP contribution in [0.5, 0.6) is 0 Å². The van der Waals surface area contributed by atoms with E-state index in [1.54, 1.807) is 12.1 Å². The zero-order valence-electron chi connectivity index (χ0n) is 17.3. The Morgan fingerprint density at radius 1 is 1.00 bits per heavy atom. The molecule has 5 heteroatoms. The standard InChI is InChI=1S/C25H30ClN3O/c26-18-12-14-22-20(15-18)25(30,24(27)29-22)19-10-6-9-17-11-13-21(28-23(17)19)16-7-4-2-1-3-5-8-16/h6,9-10,12,14-16,21,28,30H,1-5,7-8,11,13H2,(H2,27,29). The summed E-state index contributed by atoms with van der Waals surface area (Å²) in [7, 11) is 0. The Kier molecular flexibility index (Phi) is 5.24. The second-order valence-electron chi connectivity index (χ2n) is 9.10. The van der Waals surface area contributed by atoms with Crippen molar-refractivity contribution < 1.29 is 5.11 Å². The number of nitrogens with zero attached hydrogens (tertiary/aromatic N) is 1. The van der Waals surface area contributed by atoms with Crippen LogP contribution >= 0.6 is 11.6 Å². The van der Waals surface area contributed by atoms with E-state index in [2.05, 4.69) is 16.4 Å². The van der Waals surface area contributed by atoms with E-state index < -0.39 is 5.60 Å². The van der Waals surface area contributed by atoms with Gasteiger partial charge in [-0.15, -0.1) is 0 Å². The van der Waals surface area contributed by atoms with Crippen molar-refractivity contribution in [3.8, 4) is 0 Å². The molecule has 4 nitrogen and oxygen atoms in total. The minimum Gasteiger partial charge on any atom is -0.384 e. The smallest absolute Gasteiger partial charge is 0.176 e. The number of anilines is 1. The zero-order valence-corrected chi connectivity index (χ0v) is 18.1. The van der Waals surface area contributed by atoms with Crippen LogP contribution in [-0.2, 0) is 12.0 Å². The van der Waals surface area contributed by atoms with E-state index in [-0.39, 0.29) is 5.84 Å². The van der Waals surface area contributed by atoms with Gasteiger partial charge < -0.3 is 16.2 Å². The number of amidine groups is 1. The van der Waals surface area contributed by atoms with E-state index in [0.717, 1.165) is 24.1 Å². The fourth-order valence-corrected chi connectivity index (χ4v) is 5.79. The predicted octanol–water partition coefficient (Wildman–Crippen LogP) is 5.67. The van der Waals surface area contributed by atoms with Crippen LogP contribution in [-0.4, -0.2) is 17.0 Å². The van der Waals surface area contributed by atoms with E-state index in [0.29, 0.717) is 28.2 Å². The Morgan fingerprint density at radius 2 is 1.77 bits per heavy atom. The summed E-state index contributed by atoms with van der Waals surface area (Å²) in [6.07, 6.45) is 11.5. The lowest BCUT2D eigenvalue weighted by atomic mass is 9.78. The Bertz CT molecular complexity index is 980. The summed E-state index contributed by atoms with van der Waals surface area (Å²) in [5.74, 6) is 0.903. The van der Waals surface area contributed by atoms with Gasteiger partial charge in [0.25, 0.3) is 0 Å². The lowest BCUT2D eigenvalue weighted by Crippen LogP contribution is -2.42. The molecule has 2 unspecified atom stereocenters. The van der Waals surface area contributed by atoms with Crippen LogP contribution in [0, 0.1) is 5.92 Å². The second kappa shape index (κ2) is 7.90. The second-order valence-corrected chi connectivity index (χ2v) is 9.54. The lowest BCUT2D eigenvalue weighted by molar-refractivity contribution is 0.159. The molecule has 0 aromatic heterocycles. The van der Waals surface area contributed by atoms with Gasteiger partial charge >= 0.3 is 0 Å². The third kappa shape index (κ3) is 3.30. The highest BCUT2D eigenvalue weighted by Crippen LogP contribution is 2.47. The largest absolute Gasteiger partial charge is 0.384 e. The summed E-state index contributed by atoms with van der Waals surface area (Å²) < 4.78 is 0. The summed E-state index contributed by atoms with van der Waals surface area (Å²) in [4.78, 5) is 4.46. The number of aliphatic imine (C=N–C) groups is 1. The average molecular weight is 424 g/mol. The van der Waals surface area contributed by atoms with Gasteiger partial charge in [-0.05, 0) is 55.4 Å². The summed E-state index contributed by atoms with van der Waals surface area (Å²) in [6.45, 7) is 0. The van der Waals surface area contributed by atoms with E-state index >= 15 is 0 Å². The number of nitrogens with two attached hydrogens (primary N) is 1. The fourth-order valence-electron chi connectivity index (χ4n) is 5.62. The number of rotatable bonds is 2. The molecule has 3 aliphatic rings. The van der Waals surface area contributed by atoms with Gasteiger partial charge in [-0.1, -0.05) is 61.9 Å². The third-order valence-corrected chi connectivity index (χ3v) is 7.51. The molecule has 0 spiro atoms. The molecule has 0 amide bonds. The maximum absolute atomic E-state index is 11.9. The molecular weight excluding hydrogens is 394 g/mol. The maximum atomic E-state index is 11.9. The Labute approximate surface area is 183 Å². The van der Waals surface area contributed by atoms with Crippen molar-refractivity contribution in [1.82, 2.24) is 0 Å². The van der Waals surface area contributed by atoms with E-state index in [4.69, 9.17) is 17.3 Å². The van der Waals surface area contributed by atoms with Gasteiger partial charge in [0.15, 0.2) is 5.60 Å². The fraction of sp³-hybridized carbons (Fsp3) is 0.480. The number of para-hydroxylation sites is 1. The number of hydrogen-bond acceptors (Lipinski definition) is 4. The van der Waals surface area contributed by atoms with Crippen molar-refractivity contribution in [1.29, 1.82) is 0 Å². The molecule has 30 heavy (non-hydrogen) atoms. The minimum atomic E-state index is -1.46. The molecule has 0 saturated heterocycles. The highest BCUT2D eigenvalue weighted by molar-refractivity contribution is 6.30. The summed E-state index contributed by atoms with van der Waals surface area (Å²) in [6, 6.07) is 12.0. The van der Waals surface area contributed by atoms with Crippen LogP contribution in [0.25, 0.3) is 0 Å². The van der Waals surface area contributed by atoms with Crippen LogP contribution in [0.3, 0.4) is 0 Å². The Morgan fingerprint density at radius 3 is 2.57 bits per heavy atom. The minimum absolute atomic E-state index is 0.211. The van der Waals surface area contributed by atoms with E-state index in [1.807, 2.05) is 18.2 Å². The third-order valence-electron chi connectivity index (χ3n) is 7.27. The van der Waals surface area contributed by atoms with Crippen LogP contribution < -0.4 is 11.1 Å². The van der Waals surface area contributed by atoms with Gasteiger partial charge in [0.05, 0.1) is 5.69 Å². The van der Waals surface area contributed by atoms with Crippen molar-refractivity contribution >= 4 is 28.8 Å². The molecule has 1 saturated carbocycles. The van der Waals surface area contributed by atoms with Crippen molar-refractivity contribution in [3.63, 3.8) is 0 Å². The number of aryl methyl sites for hydroxylation is 1. The van der Waals surface area contributed by atoms with Gasteiger partial charge in [0.1, 0.15) is 5.84 Å². The molecule has 2 heterocycles. The van der Waals surface area contributed by atoms with Gasteiger partial charge in [-0.25, -0.2) is 4.99 Å². The first-order chi connectivity index (χ1) is 14.6. The first kappa shape index (κ1) is 19.9. The zero-order chi connectivity index (χ0) is 20.7. The van der Waals surface area contributed by atoms with Crippen LogP contribution in [0.1, 0.15) is 68.1 Å². The van der Waals surface area contributed by atoms with Gasteiger partial charge in [0.2, 0.25) is 0 Å². The van der Waals surface area contributed by atoms with Crippen molar-refractivity contribution in [3.05, 3.63) is 58.1 Å². The number of nitrogens with one attached hydrogen (secondary N) is 1. The maximum Gasteiger partial charge on any atom is 0.176 e. The topological polar surface area (TPSA) is 70.6 Å². The lowest BCUT2D eigenvalue weighted by Gasteiger charge is -2.37. The average Bonchev–Trinajstić information content (AvgIpc) is 2.98. The highest BCUT2D eigenvalue weighted by Gasteiger charge is 2.45. The molecule has 2 aromatic carbocycles. The van der Waals surface area contributed by atoms with Crippen molar-refractivity contribution in [2.45, 2.75) is 69.4 Å².